The summed E-state index contributed by atoms with van der Waals surface area (Å²) in [6.45, 7) is 2.13. The molecule has 0 radical (unpaired) electrons. The molecule has 3 N–H and O–H groups in total. The van der Waals surface area contributed by atoms with Crippen LogP contribution < -0.4 is 20.5 Å². The Bertz CT molecular complexity index is 988. The number of methoxy groups -OCH3 is 2. The summed E-state index contributed by atoms with van der Waals surface area (Å²) in [6, 6.07) is 5.91. The number of aromatic nitrogens is 4. The van der Waals surface area contributed by atoms with E-state index in [-0.39, 0.29) is 0 Å². The minimum Gasteiger partial charge on any atom is -0.493 e. The van der Waals surface area contributed by atoms with Crippen molar-refractivity contribution in [2.75, 3.05) is 45.4 Å². The van der Waals surface area contributed by atoms with E-state index < -0.39 is 0 Å². The van der Waals surface area contributed by atoms with Gasteiger partial charge in [-0.05, 0) is 26.4 Å². The van der Waals surface area contributed by atoms with Crippen LogP contribution in [0.15, 0.2) is 24.5 Å². The van der Waals surface area contributed by atoms with Crippen LogP contribution in [0.5, 0.6) is 11.5 Å². The van der Waals surface area contributed by atoms with Crippen LogP contribution in [-0.4, -0.2) is 64.8 Å². The van der Waals surface area contributed by atoms with Gasteiger partial charge in [0.1, 0.15) is 18.0 Å². The summed E-state index contributed by atoms with van der Waals surface area (Å²) in [6.07, 6.45) is 3.83. The fourth-order valence-electron chi connectivity index (χ4n) is 3.71. The first kappa shape index (κ1) is 18.3. The van der Waals surface area contributed by atoms with Crippen molar-refractivity contribution in [2.45, 2.75) is 18.9 Å². The van der Waals surface area contributed by atoms with E-state index in [9.17, 15) is 0 Å². The molecular formula is C19H25N7O2. The van der Waals surface area contributed by atoms with Gasteiger partial charge < -0.3 is 25.4 Å². The quantitative estimate of drug-likeness (QED) is 0.689. The van der Waals surface area contributed by atoms with Crippen LogP contribution >= 0.6 is 0 Å². The Morgan fingerprint density at radius 3 is 2.68 bits per heavy atom. The first-order chi connectivity index (χ1) is 13.6. The number of nitrogen functional groups attached to an aromatic ring is 1. The number of likely N-dealkylation sites (N-methyl/N-ethyl adjacent to an activating group) is 1. The molecule has 4 rings (SSSR count). The summed E-state index contributed by atoms with van der Waals surface area (Å²) in [5.74, 6) is 2.97. The molecule has 3 aromatic rings. The summed E-state index contributed by atoms with van der Waals surface area (Å²) < 4.78 is 12.6. The van der Waals surface area contributed by atoms with E-state index in [1.54, 1.807) is 24.9 Å². The predicted octanol–water partition coefficient (Wildman–Crippen LogP) is 1.92. The van der Waals surface area contributed by atoms with Gasteiger partial charge >= 0.3 is 0 Å². The van der Waals surface area contributed by atoms with E-state index in [1.807, 2.05) is 12.1 Å². The first-order valence-corrected chi connectivity index (χ1v) is 9.26. The number of nitrogens with one attached hydrogen (secondary N) is 1. The molecule has 0 spiro atoms. The predicted molar refractivity (Wildman–Crippen MR) is 108 cm³/mol. The third-order valence-electron chi connectivity index (χ3n) is 5.04. The molecule has 2 aromatic heterocycles. The lowest BCUT2D eigenvalue weighted by Gasteiger charge is -2.30. The maximum absolute atomic E-state index is 6.20. The van der Waals surface area contributed by atoms with Gasteiger partial charge in [0.25, 0.3) is 0 Å². The highest BCUT2D eigenvalue weighted by atomic mass is 16.5. The molecule has 9 heteroatoms. The smallest absolute Gasteiger partial charge is 0.207 e. The Kier molecular flexibility index (Phi) is 4.91. The number of benzene rings is 1. The fourth-order valence-corrected chi connectivity index (χ4v) is 3.71. The minimum absolute atomic E-state index is 0.340. The number of imidazole rings is 1. The van der Waals surface area contributed by atoms with Crippen molar-refractivity contribution in [3.8, 4) is 17.3 Å². The molecule has 1 aliphatic heterocycles. The lowest BCUT2D eigenvalue weighted by molar-refractivity contribution is 0.260. The van der Waals surface area contributed by atoms with Gasteiger partial charge in [-0.3, -0.25) is 4.57 Å². The average molecular weight is 383 g/mol. The molecule has 0 bridgehead atoms. The number of hydrogen-bond donors (Lipinski definition) is 2. The largest absolute Gasteiger partial charge is 0.493 e. The van der Waals surface area contributed by atoms with Gasteiger partial charge in [0.15, 0.2) is 11.5 Å². The zero-order valence-corrected chi connectivity index (χ0v) is 16.3. The number of piperidine rings is 1. The van der Waals surface area contributed by atoms with Crippen LogP contribution in [0.4, 0.5) is 11.8 Å². The van der Waals surface area contributed by atoms with Crippen molar-refractivity contribution < 1.29 is 9.47 Å². The van der Waals surface area contributed by atoms with Crippen molar-refractivity contribution in [3.63, 3.8) is 0 Å². The number of fused-ring (bicyclic) bond motifs is 1. The van der Waals surface area contributed by atoms with Gasteiger partial charge in [0.2, 0.25) is 5.95 Å². The molecular weight excluding hydrogens is 358 g/mol. The van der Waals surface area contributed by atoms with E-state index >= 15 is 0 Å². The second-order valence-electron chi connectivity index (χ2n) is 7.01. The van der Waals surface area contributed by atoms with E-state index in [4.69, 9.17) is 15.2 Å². The molecule has 0 amide bonds. The molecule has 1 fully saturated rings. The summed E-state index contributed by atoms with van der Waals surface area (Å²) in [5.41, 5.74) is 7.70. The lowest BCUT2D eigenvalue weighted by Crippen LogP contribution is -2.39. The van der Waals surface area contributed by atoms with Crippen LogP contribution in [0, 0.1) is 0 Å². The maximum Gasteiger partial charge on any atom is 0.207 e. The van der Waals surface area contributed by atoms with Gasteiger partial charge in [-0.2, -0.15) is 0 Å². The average Bonchev–Trinajstić information content (AvgIpc) is 3.01. The molecule has 1 atom stereocenters. The molecule has 1 unspecified atom stereocenters. The molecule has 28 heavy (non-hydrogen) atoms. The topological polar surface area (TPSA) is 103 Å². The molecule has 1 aliphatic rings. The van der Waals surface area contributed by atoms with Crippen molar-refractivity contribution in [3.05, 3.63) is 24.5 Å². The second kappa shape index (κ2) is 7.51. The molecule has 1 aromatic carbocycles. The SMILES string of the molecule is COc1cc2nc(N)n(-c3cc(NC4CCCN(C)C4)ncn3)c2cc1OC. The molecule has 9 nitrogen and oxygen atoms in total. The highest BCUT2D eigenvalue weighted by Crippen LogP contribution is 2.34. The fraction of sp³-hybridized carbons (Fsp3) is 0.421. The van der Waals surface area contributed by atoms with E-state index in [2.05, 4.69) is 32.2 Å². The second-order valence-corrected chi connectivity index (χ2v) is 7.01. The summed E-state index contributed by atoms with van der Waals surface area (Å²) in [4.78, 5) is 15.6. The normalized spacial score (nSPS) is 17.6. The molecule has 0 saturated carbocycles. The first-order valence-electron chi connectivity index (χ1n) is 9.26. The Balaban J connectivity index is 1.70. The molecule has 0 aliphatic carbocycles. The zero-order chi connectivity index (χ0) is 19.7. The highest BCUT2D eigenvalue weighted by molar-refractivity contribution is 5.84. The zero-order valence-electron chi connectivity index (χ0n) is 16.3. The Morgan fingerprint density at radius 1 is 1.14 bits per heavy atom. The summed E-state index contributed by atoms with van der Waals surface area (Å²) in [5, 5.41) is 3.51. The van der Waals surface area contributed by atoms with Gasteiger partial charge in [-0.15, -0.1) is 0 Å². The third kappa shape index (κ3) is 3.40. The summed E-state index contributed by atoms with van der Waals surface area (Å²) >= 11 is 0. The lowest BCUT2D eigenvalue weighted by atomic mass is 10.1. The minimum atomic E-state index is 0.340. The number of ether oxygens (including phenoxy) is 2. The van der Waals surface area contributed by atoms with Gasteiger partial charge in [-0.1, -0.05) is 0 Å². The maximum atomic E-state index is 6.20. The van der Waals surface area contributed by atoms with E-state index in [0.29, 0.717) is 34.8 Å². The number of nitrogens with two attached hydrogens (primary N) is 1. The van der Waals surface area contributed by atoms with Crippen molar-refractivity contribution in [2.24, 2.45) is 0 Å². The van der Waals surface area contributed by atoms with Crippen LogP contribution in [0.2, 0.25) is 0 Å². The molecule has 3 heterocycles. The Labute approximate surface area is 163 Å². The summed E-state index contributed by atoms with van der Waals surface area (Å²) in [7, 11) is 5.33. The van der Waals surface area contributed by atoms with Crippen molar-refractivity contribution in [1.29, 1.82) is 0 Å². The number of anilines is 2. The van der Waals surface area contributed by atoms with Crippen LogP contribution in [0.1, 0.15) is 12.8 Å². The molecule has 1 saturated heterocycles. The number of rotatable bonds is 5. The monoisotopic (exact) mass is 383 g/mol. The van der Waals surface area contributed by atoms with E-state index in [1.165, 1.54) is 12.7 Å². The highest BCUT2D eigenvalue weighted by Gasteiger charge is 2.19. The van der Waals surface area contributed by atoms with Crippen LogP contribution in [0.3, 0.4) is 0 Å². The van der Waals surface area contributed by atoms with Crippen molar-refractivity contribution in [1.82, 2.24) is 24.4 Å². The van der Waals surface area contributed by atoms with Crippen LogP contribution in [-0.2, 0) is 0 Å². The third-order valence-corrected chi connectivity index (χ3v) is 5.04. The van der Waals surface area contributed by atoms with Gasteiger partial charge in [-0.25, -0.2) is 15.0 Å². The van der Waals surface area contributed by atoms with Gasteiger partial charge in [0.05, 0.1) is 25.3 Å². The van der Waals surface area contributed by atoms with E-state index in [0.717, 1.165) is 30.8 Å². The Morgan fingerprint density at radius 2 is 1.93 bits per heavy atom. The number of nitrogens with zero attached hydrogens (tertiary/aromatic N) is 5. The number of hydrogen-bond acceptors (Lipinski definition) is 8. The molecule has 148 valence electrons. The number of likely N-dealkylation sites (tertiary alicyclic amines) is 1. The van der Waals surface area contributed by atoms with Gasteiger partial charge in [0, 0.05) is 30.8 Å². The van der Waals surface area contributed by atoms with Crippen molar-refractivity contribution >= 4 is 22.8 Å². The van der Waals surface area contributed by atoms with Crippen LogP contribution in [0.25, 0.3) is 16.9 Å². The standard InChI is InChI=1S/C19H25N7O2/c1-25-6-4-5-12(10-25)23-17-9-18(22-11-21-17)26-14-8-16(28-3)15(27-2)7-13(14)24-19(26)20/h7-9,11-12H,4-6,10H2,1-3H3,(H2,20,24)(H,21,22,23). The Hall–Kier alpha value is -3.07.